The zero-order chi connectivity index (χ0) is 28.8. The Morgan fingerprint density at radius 3 is 2.54 bits per heavy atom. The normalized spacial score (nSPS) is 28.8. The summed E-state index contributed by atoms with van der Waals surface area (Å²) in [4.78, 5) is 30.8. The number of carbonyl (C=O) groups excluding carboxylic acids is 2. The van der Waals surface area contributed by atoms with E-state index in [1.165, 1.54) is 13.8 Å². The van der Waals surface area contributed by atoms with Gasteiger partial charge in [0.25, 0.3) is 5.92 Å². The third-order valence-corrected chi connectivity index (χ3v) is 8.13. The summed E-state index contributed by atoms with van der Waals surface area (Å²) in [6.45, 7) is 9.76. The molecule has 1 aliphatic carbocycles. The van der Waals surface area contributed by atoms with Crippen molar-refractivity contribution in [1.82, 2.24) is 4.98 Å². The molecule has 1 aromatic carbocycles. The molecule has 0 bridgehead atoms. The third-order valence-electron chi connectivity index (χ3n) is 8.13. The van der Waals surface area contributed by atoms with Crippen molar-refractivity contribution < 1.29 is 27.8 Å². The van der Waals surface area contributed by atoms with Crippen LogP contribution in [0.25, 0.3) is 17.2 Å². The molecule has 8 heteroatoms. The van der Waals surface area contributed by atoms with Gasteiger partial charge in [-0.2, -0.15) is 5.26 Å². The second-order valence-electron chi connectivity index (χ2n) is 11.7. The Bertz CT molecular complexity index is 1330. The number of fused-ring (bicyclic) bond motifs is 1. The molecule has 0 N–H and O–H groups in total. The Morgan fingerprint density at radius 2 is 1.92 bits per heavy atom. The number of allylic oxidation sites excluding steroid dienone is 1. The zero-order valence-electron chi connectivity index (χ0n) is 23.1. The van der Waals surface area contributed by atoms with Crippen molar-refractivity contribution >= 4 is 18.0 Å². The quantitative estimate of drug-likeness (QED) is 0.408. The summed E-state index contributed by atoms with van der Waals surface area (Å²) in [6, 6.07) is 12.9. The first kappa shape index (κ1) is 28.4. The summed E-state index contributed by atoms with van der Waals surface area (Å²) in [5.41, 5.74) is 0.0241. The number of halogens is 2. The zero-order valence-corrected chi connectivity index (χ0v) is 23.1. The van der Waals surface area contributed by atoms with E-state index < -0.39 is 65.1 Å². The Balaban J connectivity index is 1.69. The Morgan fingerprint density at radius 1 is 1.23 bits per heavy atom. The largest absolute Gasteiger partial charge is 0.462 e. The summed E-state index contributed by atoms with van der Waals surface area (Å²) in [7, 11) is 0. The van der Waals surface area contributed by atoms with E-state index in [-0.39, 0.29) is 0 Å². The minimum atomic E-state index is -3.22. The fourth-order valence-corrected chi connectivity index (χ4v) is 6.11. The first-order valence-electron chi connectivity index (χ1n) is 13.2. The van der Waals surface area contributed by atoms with Crippen LogP contribution < -0.4 is 0 Å². The Labute approximate surface area is 228 Å². The van der Waals surface area contributed by atoms with Crippen molar-refractivity contribution in [2.45, 2.75) is 65.6 Å². The van der Waals surface area contributed by atoms with Gasteiger partial charge in [0.1, 0.15) is 11.7 Å². The van der Waals surface area contributed by atoms with Gasteiger partial charge >= 0.3 is 11.9 Å². The lowest BCUT2D eigenvalue weighted by Gasteiger charge is -2.49. The average molecular weight is 537 g/mol. The fourth-order valence-electron chi connectivity index (χ4n) is 6.11. The van der Waals surface area contributed by atoms with Gasteiger partial charge in [0.15, 0.2) is 0 Å². The predicted octanol–water partition coefficient (Wildman–Crippen LogP) is 6.45. The monoisotopic (exact) mass is 536 g/mol. The molecule has 0 radical (unpaired) electrons. The average Bonchev–Trinajstić information content (AvgIpc) is 3.12. The van der Waals surface area contributed by atoms with Crippen molar-refractivity contribution in [2.24, 2.45) is 29.1 Å². The van der Waals surface area contributed by atoms with Gasteiger partial charge in [-0.3, -0.25) is 14.6 Å². The topological polar surface area (TPSA) is 89.3 Å². The van der Waals surface area contributed by atoms with Crippen molar-refractivity contribution in [2.75, 3.05) is 0 Å². The Hall–Kier alpha value is -3.60. The maximum absolute atomic E-state index is 15.6. The molecule has 0 amide bonds. The number of carbonyl (C=O) groups is 2. The van der Waals surface area contributed by atoms with E-state index in [0.717, 1.165) is 11.1 Å². The molecular formula is C31H34F2N2O4. The van der Waals surface area contributed by atoms with E-state index in [0.29, 0.717) is 11.3 Å². The van der Waals surface area contributed by atoms with Gasteiger partial charge in [-0.05, 0) is 51.8 Å². The summed E-state index contributed by atoms with van der Waals surface area (Å²) in [5, 5.41) is 9.39. The number of benzene rings is 1. The highest BCUT2D eigenvalue weighted by Gasteiger charge is 2.71. The van der Waals surface area contributed by atoms with Crippen molar-refractivity contribution in [3.8, 4) is 17.2 Å². The standard InChI is InChI=1S/C31H34F2N2O4/c1-18-24(14-13-23-12-11-22(16-35-23)25-10-8-7-9-21(25)15-34)26-20(3)38-28(37)30(26,17-31(18,32)33)19(2)27(36)39-29(4,5)6/h7-14,16,18-20,24,26H,17H2,1-6H3/b14-13+/t18-,19?,20+,24-,26-,30-/m0/s1. The van der Waals surface area contributed by atoms with E-state index in [2.05, 4.69) is 11.1 Å². The van der Waals surface area contributed by atoms with Crippen LogP contribution in [-0.4, -0.2) is 34.6 Å². The lowest BCUT2D eigenvalue weighted by molar-refractivity contribution is -0.193. The number of nitrogens with zero attached hydrogens (tertiary/aromatic N) is 2. The summed E-state index contributed by atoms with van der Waals surface area (Å²) in [5.74, 6) is -8.32. The highest BCUT2D eigenvalue weighted by atomic mass is 19.3. The molecule has 1 saturated carbocycles. The fraction of sp³-hybridized carbons (Fsp3) is 0.484. The smallest absolute Gasteiger partial charge is 0.313 e. The van der Waals surface area contributed by atoms with E-state index in [4.69, 9.17) is 9.47 Å². The van der Waals surface area contributed by atoms with E-state index in [1.54, 1.807) is 64.2 Å². The van der Waals surface area contributed by atoms with Crippen LogP contribution in [-0.2, 0) is 19.1 Å². The molecule has 206 valence electrons. The molecule has 1 unspecified atom stereocenters. The molecule has 1 saturated heterocycles. The van der Waals surface area contributed by atoms with Gasteiger partial charge in [-0.25, -0.2) is 8.78 Å². The summed E-state index contributed by atoms with van der Waals surface area (Å²) >= 11 is 0. The van der Waals surface area contributed by atoms with Crippen LogP contribution in [0.15, 0.2) is 48.7 Å². The van der Waals surface area contributed by atoms with Gasteiger partial charge in [-0.1, -0.05) is 44.2 Å². The number of nitriles is 1. The van der Waals surface area contributed by atoms with Crippen LogP contribution in [0.4, 0.5) is 8.78 Å². The number of hydrogen-bond acceptors (Lipinski definition) is 6. The molecule has 2 aliphatic rings. The highest BCUT2D eigenvalue weighted by Crippen LogP contribution is 2.62. The molecule has 2 fully saturated rings. The third kappa shape index (κ3) is 5.19. The molecule has 4 rings (SSSR count). The molecule has 39 heavy (non-hydrogen) atoms. The first-order valence-corrected chi connectivity index (χ1v) is 13.2. The molecule has 1 aromatic heterocycles. The van der Waals surface area contributed by atoms with Crippen LogP contribution in [0, 0.1) is 40.4 Å². The number of alkyl halides is 2. The second kappa shape index (κ2) is 10.2. The van der Waals surface area contributed by atoms with Crippen molar-refractivity contribution in [3.05, 3.63) is 59.9 Å². The molecule has 1 aliphatic heterocycles. The Kier molecular flexibility index (Phi) is 7.41. The number of aromatic nitrogens is 1. The van der Waals surface area contributed by atoms with Crippen LogP contribution >= 0.6 is 0 Å². The lowest BCUT2D eigenvalue weighted by atomic mass is 9.52. The summed E-state index contributed by atoms with van der Waals surface area (Å²) < 4.78 is 42.3. The van der Waals surface area contributed by atoms with Crippen LogP contribution in [0.1, 0.15) is 59.2 Å². The first-order chi connectivity index (χ1) is 18.2. The number of pyridine rings is 1. The van der Waals surface area contributed by atoms with Gasteiger partial charge < -0.3 is 9.47 Å². The van der Waals surface area contributed by atoms with Crippen molar-refractivity contribution in [1.29, 1.82) is 5.26 Å². The lowest BCUT2D eigenvalue weighted by Crippen LogP contribution is -2.57. The van der Waals surface area contributed by atoms with Crippen molar-refractivity contribution in [3.63, 3.8) is 0 Å². The van der Waals surface area contributed by atoms with Gasteiger partial charge in [0.05, 0.1) is 28.7 Å². The highest BCUT2D eigenvalue weighted by molar-refractivity contribution is 5.88. The molecule has 6 atom stereocenters. The van der Waals surface area contributed by atoms with Crippen LogP contribution in [0.3, 0.4) is 0 Å². The van der Waals surface area contributed by atoms with Crippen LogP contribution in [0.5, 0.6) is 0 Å². The SMILES string of the molecule is CC(C(=O)OC(C)(C)C)[C@@]12CC(F)(F)[C@@H](C)[C@H](/C=C/c3ccc(-c4ccccc4C#N)cn3)[C@@H]1[C@@H](C)OC2=O. The van der Waals surface area contributed by atoms with Gasteiger partial charge in [-0.15, -0.1) is 0 Å². The number of cyclic esters (lactones) is 1. The molecule has 0 spiro atoms. The van der Waals surface area contributed by atoms with Gasteiger partial charge in [0.2, 0.25) is 0 Å². The predicted molar refractivity (Wildman–Crippen MR) is 142 cm³/mol. The van der Waals surface area contributed by atoms with E-state index >= 15 is 8.78 Å². The summed E-state index contributed by atoms with van der Waals surface area (Å²) in [6.07, 6.45) is 3.54. The number of rotatable bonds is 5. The molecule has 2 aromatic rings. The van der Waals surface area contributed by atoms with E-state index in [1.807, 2.05) is 18.2 Å². The number of hydrogen-bond donors (Lipinski definition) is 0. The molecule has 6 nitrogen and oxygen atoms in total. The van der Waals surface area contributed by atoms with E-state index in [9.17, 15) is 14.9 Å². The minimum absolute atomic E-state index is 0.524. The molecule has 2 heterocycles. The maximum Gasteiger partial charge on any atom is 0.313 e. The van der Waals surface area contributed by atoms with Crippen LogP contribution in [0.2, 0.25) is 0 Å². The minimum Gasteiger partial charge on any atom is -0.462 e. The maximum atomic E-state index is 15.6. The van der Waals surface area contributed by atoms with Gasteiger partial charge in [0, 0.05) is 35.6 Å². The number of ether oxygens (including phenoxy) is 2. The second-order valence-corrected chi connectivity index (χ2v) is 11.7. The molecular weight excluding hydrogens is 502 g/mol. The number of esters is 2.